The molecule has 0 spiro atoms. The van der Waals surface area contributed by atoms with E-state index in [4.69, 9.17) is 10.2 Å². The van der Waals surface area contributed by atoms with Crippen LogP contribution in [-0.4, -0.2) is 29.1 Å². The van der Waals surface area contributed by atoms with Crippen LogP contribution in [0.5, 0.6) is 0 Å². The van der Waals surface area contributed by atoms with Crippen LogP contribution in [0.3, 0.4) is 0 Å². The van der Waals surface area contributed by atoms with Gasteiger partial charge in [-0.15, -0.1) is 0 Å². The third kappa shape index (κ3) is 2.51. The predicted octanol–water partition coefficient (Wildman–Crippen LogP) is 1.66. The number of piperidine rings is 1. The maximum absolute atomic E-state index is 11.9. The van der Waals surface area contributed by atoms with Crippen LogP contribution in [0.2, 0.25) is 0 Å². The number of nitrogen functional groups attached to an aromatic ring is 1. The summed E-state index contributed by atoms with van der Waals surface area (Å²) in [4.78, 5) is 14.3. The lowest BCUT2D eigenvalue weighted by molar-refractivity contribution is 0.219. The summed E-state index contributed by atoms with van der Waals surface area (Å²) in [5.74, 6) is -0.294. The van der Waals surface area contributed by atoms with Gasteiger partial charge in [0.15, 0.2) is 5.58 Å². The fraction of sp³-hybridized carbons (Fsp3) is 0.500. The van der Waals surface area contributed by atoms with E-state index in [1.807, 2.05) is 0 Å². The lowest BCUT2D eigenvalue weighted by Gasteiger charge is -2.26. The van der Waals surface area contributed by atoms with Crippen molar-refractivity contribution in [2.45, 2.75) is 25.8 Å². The Morgan fingerprint density at radius 2 is 1.95 bits per heavy atom. The van der Waals surface area contributed by atoms with E-state index in [1.54, 1.807) is 22.8 Å². The third-order valence-electron chi connectivity index (χ3n) is 3.78. The van der Waals surface area contributed by atoms with Gasteiger partial charge in [0.1, 0.15) is 0 Å². The van der Waals surface area contributed by atoms with Gasteiger partial charge in [0, 0.05) is 18.8 Å². The zero-order chi connectivity index (χ0) is 13.2. The van der Waals surface area contributed by atoms with Gasteiger partial charge in [-0.1, -0.05) is 6.42 Å². The van der Waals surface area contributed by atoms with Crippen molar-refractivity contribution in [2.24, 2.45) is 0 Å². The number of likely N-dealkylation sites (tertiary alicyclic amines) is 1. The topological polar surface area (TPSA) is 64.4 Å². The summed E-state index contributed by atoms with van der Waals surface area (Å²) in [5.41, 5.74) is 7.83. The predicted molar refractivity (Wildman–Crippen MR) is 75.2 cm³/mol. The first-order valence-electron chi connectivity index (χ1n) is 6.85. The van der Waals surface area contributed by atoms with Crippen LogP contribution in [0.1, 0.15) is 19.3 Å². The molecule has 102 valence electrons. The van der Waals surface area contributed by atoms with Crippen molar-refractivity contribution in [3.63, 3.8) is 0 Å². The van der Waals surface area contributed by atoms with Gasteiger partial charge in [-0.25, -0.2) is 4.79 Å². The van der Waals surface area contributed by atoms with Gasteiger partial charge in [-0.2, -0.15) is 0 Å². The second kappa shape index (κ2) is 5.09. The fourth-order valence-corrected chi connectivity index (χ4v) is 2.72. The summed E-state index contributed by atoms with van der Waals surface area (Å²) in [6.45, 7) is 3.82. The van der Waals surface area contributed by atoms with Crippen molar-refractivity contribution in [2.75, 3.05) is 25.4 Å². The first-order valence-corrected chi connectivity index (χ1v) is 6.85. The van der Waals surface area contributed by atoms with Crippen LogP contribution < -0.4 is 11.5 Å². The molecule has 19 heavy (non-hydrogen) atoms. The average molecular weight is 261 g/mol. The summed E-state index contributed by atoms with van der Waals surface area (Å²) in [6.07, 6.45) is 3.84. The quantitative estimate of drug-likeness (QED) is 0.853. The van der Waals surface area contributed by atoms with E-state index < -0.39 is 0 Å². The summed E-state index contributed by atoms with van der Waals surface area (Å²) in [7, 11) is 0. The Balaban J connectivity index is 1.81. The van der Waals surface area contributed by atoms with E-state index in [-0.39, 0.29) is 5.76 Å². The number of anilines is 1. The van der Waals surface area contributed by atoms with Crippen molar-refractivity contribution in [3.8, 4) is 0 Å². The Hall–Kier alpha value is -1.75. The van der Waals surface area contributed by atoms with Gasteiger partial charge < -0.3 is 15.1 Å². The normalized spacial score (nSPS) is 17.1. The van der Waals surface area contributed by atoms with E-state index >= 15 is 0 Å². The molecule has 2 aromatic rings. The number of nitrogens with zero attached hydrogens (tertiary/aromatic N) is 2. The van der Waals surface area contributed by atoms with E-state index in [0.29, 0.717) is 17.8 Å². The third-order valence-corrected chi connectivity index (χ3v) is 3.78. The number of aromatic nitrogens is 1. The molecule has 5 heteroatoms. The maximum Gasteiger partial charge on any atom is 0.419 e. The van der Waals surface area contributed by atoms with Gasteiger partial charge in [-0.05, 0) is 44.1 Å². The fourth-order valence-electron chi connectivity index (χ4n) is 2.72. The highest BCUT2D eigenvalue weighted by molar-refractivity contribution is 5.76. The maximum atomic E-state index is 11.9. The summed E-state index contributed by atoms with van der Waals surface area (Å²) in [5, 5.41) is 0. The molecule has 0 amide bonds. The molecule has 1 aliphatic heterocycles. The number of fused-ring (bicyclic) bond motifs is 1. The van der Waals surface area contributed by atoms with Crippen LogP contribution in [0, 0.1) is 0 Å². The molecular formula is C14H19N3O2. The van der Waals surface area contributed by atoms with E-state index in [1.165, 1.54) is 19.3 Å². The molecule has 3 rings (SSSR count). The Kier molecular flexibility index (Phi) is 3.29. The molecule has 0 atom stereocenters. The Labute approximate surface area is 111 Å². The minimum Gasteiger partial charge on any atom is -0.408 e. The number of oxazole rings is 1. The minimum atomic E-state index is -0.294. The molecule has 0 bridgehead atoms. The lowest BCUT2D eigenvalue weighted by atomic mass is 10.1. The molecule has 1 aromatic carbocycles. The van der Waals surface area contributed by atoms with Crippen molar-refractivity contribution in [1.29, 1.82) is 0 Å². The standard InChI is InChI=1S/C14H19N3O2/c15-11-4-5-13-12(10-11)17(14(18)19-13)9-8-16-6-2-1-3-7-16/h4-5,10H,1-3,6-9,15H2. The lowest BCUT2D eigenvalue weighted by Crippen LogP contribution is -2.33. The highest BCUT2D eigenvalue weighted by Gasteiger charge is 2.13. The Morgan fingerprint density at radius 1 is 1.16 bits per heavy atom. The molecule has 0 radical (unpaired) electrons. The van der Waals surface area contributed by atoms with Crippen molar-refractivity contribution in [3.05, 3.63) is 28.7 Å². The highest BCUT2D eigenvalue weighted by atomic mass is 16.4. The van der Waals surface area contributed by atoms with E-state index in [9.17, 15) is 4.79 Å². The van der Waals surface area contributed by atoms with Crippen LogP contribution in [0.15, 0.2) is 27.4 Å². The monoisotopic (exact) mass is 261 g/mol. The van der Waals surface area contributed by atoms with Gasteiger partial charge in [0.25, 0.3) is 0 Å². The molecule has 1 fully saturated rings. The first kappa shape index (κ1) is 12.3. The zero-order valence-electron chi connectivity index (χ0n) is 11.0. The SMILES string of the molecule is Nc1ccc2oc(=O)n(CCN3CCCCC3)c2c1. The smallest absolute Gasteiger partial charge is 0.408 e. The minimum absolute atomic E-state index is 0.294. The molecule has 5 nitrogen and oxygen atoms in total. The number of hydrogen-bond acceptors (Lipinski definition) is 4. The molecule has 2 N–H and O–H groups in total. The van der Waals surface area contributed by atoms with Gasteiger partial charge in [0.05, 0.1) is 5.52 Å². The van der Waals surface area contributed by atoms with Crippen molar-refractivity contribution < 1.29 is 4.42 Å². The summed E-state index contributed by atoms with van der Waals surface area (Å²) < 4.78 is 6.91. The summed E-state index contributed by atoms with van der Waals surface area (Å²) in [6, 6.07) is 5.31. The number of benzene rings is 1. The zero-order valence-corrected chi connectivity index (χ0v) is 11.0. The second-order valence-corrected chi connectivity index (χ2v) is 5.15. The summed E-state index contributed by atoms with van der Waals surface area (Å²) >= 11 is 0. The largest absolute Gasteiger partial charge is 0.419 e. The molecule has 1 saturated heterocycles. The van der Waals surface area contributed by atoms with Gasteiger partial charge >= 0.3 is 5.76 Å². The molecule has 0 aliphatic carbocycles. The molecule has 0 unspecified atom stereocenters. The second-order valence-electron chi connectivity index (χ2n) is 5.15. The van der Waals surface area contributed by atoms with Crippen LogP contribution in [-0.2, 0) is 6.54 Å². The van der Waals surface area contributed by atoms with Crippen LogP contribution in [0.25, 0.3) is 11.1 Å². The van der Waals surface area contributed by atoms with Crippen molar-refractivity contribution >= 4 is 16.8 Å². The van der Waals surface area contributed by atoms with Gasteiger partial charge in [0.2, 0.25) is 0 Å². The van der Waals surface area contributed by atoms with E-state index in [2.05, 4.69) is 4.90 Å². The average Bonchev–Trinajstić information content (AvgIpc) is 2.73. The molecule has 1 aliphatic rings. The molecular weight excluding hydrogens is 242 g/mol. The number of rotatable bonds is 3. The van der Waals surface area contributed by atoms with Crippen LogP contribution >= 0.6 is 0 Å². The molecule has 1 aromatic heterocycles. The molecule has 2 heterocycles. The van der Waals surface area contributed by atoms with Crippen molar-refractivity contribution in [1.82, 2.24) is 9.47 Å². The number of nitrogens with two attached hydrogens (primary N) is 1. The Bertz CT molecular complexity index is 623. The van der Waals surface area contributed by atoms with E-state index in [0.717, 1.165) is 25.2 Å². The van der Waals surface area contributed by atoms with Crippen LogP contribution in [0.4, 0.5) is 5.69 Å². The molecule has 0 saturated carbocycles. The van der Waals surface area contributed by atoms with Gasteiger partial charge in [-0.3, -0.25) is 4.57 Å². The Morgan fingerprint density at radius 3 is 2.74 bits per heavy atom. The first-order chi connectivity index (χ1) is 9.24. The number of hydrogen-bond donors (Lipinski definition) is 1. The highest BCUT2D eigenvalue weighted by Crippen LogP contribution is 2.16.